The number of nitrogens with one attached hydrogen (secondary N) is 1. The van der Waals surface area contributed by atoms with E-state index in [9.17, 15) is 8.42 Å². The lowest BCUT2D eigenvalue weighted by Crippen LogP contribution is -2.44. The molecule has 0 spiro atoms. The van der Waals surface area contributed by atoms with E-state index in [1.807, 2.05) is 25.9 Å². The summed E-state index contributed by atoms with van der Waals surface area (Å²) in [7, 11) is 0.650. The van der Waals surface area contributed by atoms with Gasteiger partial charge in [0, 0.05) is 18.5 Å². The maximum Gasteiger partial charge on any atom is 0.212 e. The van der Waals surface area contributed by atoms with Crippen LogP contribution in [0.15, 0.2) is 0 Å². The van der Waals surface area contributed by atoms with Crippen molar-refractivity contribution < 1.29 is 8.42 Å². The van der Waals surface area contributed by atoms with Gasteiger partial charge in [-0.2, -0.15) is 0 Å². The molecule has 0 aliphatic carbocycles. The van der Waals surface area contributed by atoms with E-state index < -0.39 is 10.0 Å². The van der Waals surface area contributed by atoms with Crippen LogP contribution in [0.5, 0.6) is 0 Å². The molecule has 0 aliphatic heterocycles. The summed E-state index contributed by atoms with van der Waals surface area (Å²) in [4.78, 5) is 2.00. The minimum Gasteiger partial charge on any atom is -0.308 e. The van der Waals surface area contributed by atoms with Crippen molar-refractivity contribution in [3.8, 4) is 0 Å². The van der Waals surface area contributed by atoms with Gasteiger partial charge in [0.15, 0.2) is 0 Å². The summed E-state index contributed by atoms with van der Waals surface area (Å²) < 4.78 is 26.8. The fourth-order valence-electron chi connectivity index (χ4n) is 1.89. The Morgan fingerprint density at radius 1 is 1.22 bits per heavy atom. The van der Waals surface area contributed by atoms with Gasteiger partial charge in [-0.05, 0) is 32.4 Å². The second kappa shape index (κ2) is 8.35. The predicted octanol–water partition coefficient (Wildman–Crippen LogP) is 1.76. The third kappa shape index (κ3) is 9.14. The lowest BCUT2D eigenvalue weighted by Gasteiger charge is -2.24. The number of alkyl halides is 1. The standard InChI is InChI=1S/C12H27ClN2O2S/c1-10(2)6-12(8-15(4)5)14-18(16,17)9-11(3)7-13/h10-12,14H,6-9H2,1-5H3. The van der Waals surface area contributed by atoms with Crippen molar-refractivity contribution in [1.82, 2.24) is 9.62 Å². The van der Waals surface area contributed by atoms with Crippen molar-refractivity contribution in [3.05, 3.63) is 0 Å². The SMILES string of the molecule is CC(C)CC(CN(C)C)NS(=O)(=O)CC(C)CCl. The Kier molecular flexibility index (Phi) is 8.43. The van der Waals surface area contributed by atoms with E-state index in [0.717, 1.165) is 6.42 Å². The molecule has 110 valence electrons. The topological polar surface area (TPSA) is 49.4 Å². The molecule has 0 aliphatic rings. The first kappa shape index (κ1) is 18.2. The zero-order valence-corrected chi connectivity index (χ0v) is 13.7. The van der Waals surface area contributed by atoms with Gasteiger partial charge < -0.3 is 4.90 Å². The summed E-state index contributed by atoms with van der Waals surface area (Å²) in [6.07, 6.45) is 0.840. The van der Waals surface area contributed by atoms with Gasteiger partial charge in [-0.25, -0.2) is 13.1 Å². The minimum atomic E-state index is -3.24. The van der Waals surface area contributed by atoms with E-state index in [4.69, 9.17) is 11.6 Å². The molecule has 0 bridgehead atoms. The number of rotatable bonds is 9. The van der Waals surface area contributed by atoms with Crippen LogP contribution in [0.3, 0.4) is 0 Å². The molecule has 0 saturated carbocycles. The first-order valence-electron chi connectivity index (χ1n) is 6.37. The van der Waals surface area contributed by atoms with Crippen LogP contribution in [0.2, 0.25) is 0 Å². The van der Waals surface area contributed by atoms with Crippen LogP contribution in [0.4, 0.5) is 0 Å². The van der Waals surface area contributed by atoms with Gasteiger partial charge in [0.25, 0.3) is 0 Å². The molecule has 6 heteroatoms. The highest BCUT2D eigenvalue weighted by molar-refractivity contribution is 7.89. The molecule has 2 atom stereocenters. The molecular weight excluding hydrogens is 272 g/mol. The molecule has 1 N–H and O–H groups in total. The summed E-state index contributed by atoms with van der Waals surface area (Å²) >= 11 is 5.66. The second-order valence-corrected chi connectivity index (χ2v) is 7.85. The quantitative estimate of drug-likeness (QED) is 0.660. The number of hydrogen-bond donors (Lipinski definition) is 1. The van der Waals surface area contributed by atoms with E-state index in [-0.39, 0.29) is 17.7 Å². The smallest absolute Gasteiger partial charge is 0.212 e. The zero-order chi connectivity index (χ0) is 14.3. The van der Waals surface area contributed by atoms with Gasteiger partial charge in [0.05, 0.1) is 5.75 Å². The number of nitrogens with zero attached hydrogens (tertiary/aromatic N) is 1. The highest BCUT2D eigenvalue weighted by Crippen LogP contribution is 2.09. The average Bonchev–Trinajstić information content (AvgIpc) is 2.13. The third-order valence-corrected chi connectivity index (χ3v) is 4.68. The van der Waals surface area contributed by atoms with Crippen molar-refractivity contribution >= 4 is 21.6 Å². The Labute approximate surface area is 117 Å². The van der Waals surface area contributed by atoms with E-state index in [1.54, 1.807) is 0 Å². The number of likely N-dealkylation sites (N-methyl/N-ethyl adjacent to an activating group) is 1. The molecule has 0 aromatic rings. The Morgan fingerprint density at radius 3 is 2.17 bits per heavy atom. The normalized spacial score (nSPS) is 16.2. The molecule has 0 amide bonds. The molecule has 4 nitrogen and oxygen atoms in total. The highest BCUT2D eigenvalue weighted by Gasteiger charge is 2.21. The average molecular weight is 299 g/mol. The number of sulfonamides is 1. The Bertz CT molecular complexity index is 308. The molecule has 0 heterocycles. The predicted molar refractivity (Wildman–Crippen MR) is 78.6 cm³/mol. The van der Waals surface area contributed by atoms with Crippen molar-refractivity contribution in [1.29, 1.82) is 0 Å². The molecule has 0 aromatic heterocycles. The molecule has 0 saturated heterocycles. The summed E-state index contributed by atoms with van der Waals surface area (Å²) in [5, 5.41) is 0. The maximum absolute atomic E-state index is 12.0. The van der Waals surface area contributed by atoms with Crippen LogP contribution in [-0.4, -0.2) is 51.6 Å². The molecule has 0 rings (SSSR count). The minimum absolute atomic E-state index is 0.0248. The molecule has 0 radical (unpaired) electrons. The van der Waals surface area contributed by atoms with Gasteiger partial charge in [-0.1, -0.05) is 20.8 Å². The molecular formula is C12H27ClN2O2S. The molecule has 0 aromatic carbocycles. The number of halogens is 1. The van der Waals surface area contributed by atoms with Crippen LogP contribution < -0.4 is 4.72 Å². The van der Waals surface area contributed by atoms with Gasteiger partial charge in [0.1, 0.15) is 0 Å². The van der Waals surface area contributed by atoms with E-state index in [2.05, 4.69) is 18.6 Å². The largest absolute Gasteiger partial charge is 0.308 e. The maximum atomic E-state index is 12.0. The zero-order valence-electron chi connectivity index (χ0n) is 12.1. The Balaban J connectivity index is 4.54. The van der Waals surface area contributed by atoms with E-state index in [0.29, 0.717) is 18.3 Å². The van der Waals surface area contributed by atoms with Crippen LogP contribution in [-0.2, 0) is 10.0 Å². The lowest BCUT2D eigenvalue weighted by atomic mass is 10.0. The molecule has 18 heavy (non-hydrogen) atoms. The molecule has 0 fully saturated rings. The Morgan fingerprint density at radius 2 is 1.78 bits per heavy atom. The van der Waals surface area contributed by atoms with Gasteiger partial charge in [0.2, 0.25) is 10.0 Å². The van der Waals surface area contributed by atoms with E-state index >= 15 is 0 Å². The summed E-state index contributed by atoms with van der Waals surface area (Å²) in [6, 6.07) is -0.0347. The Hall–Kier alpha value is 0.160. The van der Waals surface area contributed by atoms with Gasteiger partial charge in [-0.3, -0.25) is 0 Å². The van der Waals surface area contributed by atoms with Gasteiger partial charge in [-0.15, -0.1) is 11.6 Å². The van der Waals surface area contributed by atoms with Crippen molar-refractivity contribution in [2.24, 2.45) is 11.8 Å². The van der Waals surface area contributed by atoms with Crippen LogP contribution in [0.1, 0.15) is 27.2 Å². The van der Waals surface area contributed by atoms with Crippen LogP contribution >= 0.6 is 11.6 Å². The lowest BCUT2D eigenvalue weighted by molar-refractivity contribution is 0.329. The third-order valence-electron chi connectivity index (χ3n) is 2.46. The van der Waals surface area contributed by atoms with Crippen molar-refractivity contribution in [2.75, 3.05) is 32.3 Å². The van der Waals surface area contributed by atoms with Crippen molar-refractivity contribution in [3.63, 3.8) is 0 Å². The van der Waals surface area contributed by atoms with Crippen molar-refractivity contribution in [2.45, 2.75) is 33.2 Å². The van der Waals surface area contributed by atoms with Gasteiger partial charge >= 0.3 is 0 Å². The first-order chi connectivity index (χ1) is 8.16. The monoisotopic (exact) mass is 298 g/mol. The fourth-order valence-corrected chi connectivity index (χ4v) is 3.77. The summed E-state index contributed by atoms with van der Waals surface area (Å²) in [5.74, 6) is 0.897. The van der Waals surface area contributed by atoms with Crippen LogP contribution in [0, 0.1) is 11.8 Å². The second-order valence-electron chi connectivity index (χ2n) is 5.75. The highest BCUT2D eigenvalue weighted by atomic mass is 35.5. The first-order valence-corrected chi connectivity index (χ1v) is 8.55. The summed E-state index contributed by atoms with van der Waals surface area (Å²) in [5.41, 5.74) is 0. The van der Waals surface area contributed by atoms with E-state index in [1.165, 1.54) is 0 Å². The summed E-state index contributed by atoms with van der Waals surface area (Å²) in [6.45, 7) is 6.75. The molecule has 2 unspecified atom stereocenters. The fraction of sp³-hybridized carbons (Fsp3) is 1.00. The number of hydrogen-bond acceptors (Lipinski definition) is 3. The van der Waals surface area contributed by atoms with Crippen LogP contribution in [0.25, 0.3) is 0 Å².